The lowest BCUT2D eigenvalue weighted by molar-refractivity contribution is 0.589. The van der Waals surface area contributed by atoms with Crippen LogP contribution in [0.2, 0.25) is 0 Å². The molecule has 0 aliphatic rings. The van der Waals surface area contributed by atoms with E-state index in [2.05, 4.69) is 20.3 Å². The number of anilines is 3. The molecule has 0 spiro atoms. The number of benzene rings is 2. The van der Waals surface area contributed by atoms with Crippen LogP contribution in [-0.2, 0) is 10.0 Å². The Morgan fingerprint density at radius 1 is 0.939 bits per heavy atom. The first-order valence-corrected chi connectivity index (χ1v) is 11.3. The van der Waals surface area contributed by atoms with E-state index in [-0.39, 0.29) is 17.3 Å². The van der Waals surface area contributed by atoms with Gasteiger partial charge in [-0.3, -0.25) is 0 Å². The standard InChI is InChI=1S/C23H20N6O2S.ClH/c1-28(2)22-13-19-20(14-24-22)25-15-26-23(19)27-17-8-9-21-16(12-17)10-11-29(21)32(30,31)18-6-4-3-5-7-18;/h3-15H,1-2H3,(H,25,26,27);1H. The largest absolute Gasteiger partial charge is 0.363 e. The van der Waals surface area contributed by atoms with E-state index in [0.29, 0.717) is 11.3 Å². The number of aromatic nitrogens is 4. The Kier molecular flexibility index (Phi) is 5.92. The van der Waals surface area contributed by atoms with E-state index >= 15 is 0 Å². The highest BCUT2D eigenvalue weighted by atomic mass is 35.5. The first-order chi connectivity index (χ1) is 15.4. The van der Waals surface area contributed by atoms with Gasteiger partial charge in [0.05, 0.1) is 22.1 Å². The number of hydrogen-bond acceptors (Lipinski definition) is 7. The van der Waals surface area contributed by atoms with Crippen molar-refractivity contribution in [2.75, 3.05) is 24.3 Å². The zero-order chi connectivity index (χ0) is 22.3. The minimum absolute atomic E-state index is 0. The fraction of sp³-hybridized carbons (Fsp3) is 0.0870. The third kappa shape index (κ3) is 4.08. The maximum Gasteiger partial charge on any atom is 0.268 e. The van der Waals surface area contributed by atoms with E-state index in [0.717, 1.165) is 27.8 Å². The average molecular weight is 481 g/mol. The Balaban J connectivity index is 0.00000259. The molecule has 0 aliphatic carbocycles. The van der Waals surface area contributed by atoms with Crippen LogP contribution in [0.4, 0.5) is 17.3 Å². The molecule has 5 rings (SSSR count). The third-order valence-corrected chi connectivity index (χ3v) is 6.89. The van der Waals surface area contributed by atoms with Crippen molar-refractivity contribution in [3.63, 3.8) is 0 Å². The number of rotatable bonds is 5. The lowest BCUT2D eigenvalue weighted by Crippen LogP contribution is -2.11. The second-order valence-electron chi connectivity index (χ2n) is 7.50. The van der Waals surface area contributed by atoms with Crippen molar-refractivity contribution in [1.82, 2.24) is 18.9 Å². The SMILES string of the molecule is CN(C)c1cc2c(Nc3ccc4c(ccn4S(=O)(=O)c4ccccc4)c3)ncnc2cn1.Cl. The maximum absolute atomic E-state index is 13.0. The third-order valence-electron chi connectivity index (χ3n) is 5.18. The van der Waals surface area contributed by atoms with Crippen LogP contribution in [0.1, 0.15) is 0 Å². The minimum atomic E-state index is -3.67. The first-order valence-electron chi connectivity index (χ1n) is 9.90. The fourth-order valence-electron chi connectivity index (χ4n) is 3.54. The van der Waals surface area contributed by atoms with Gasteiger partial charge in [-0.15, -0.1) is 12.4 Å². The normalized spacial score (nSPS) is 11.3. The molecule has 5 aromatic rings. The lowest BCUT2D eigenvalue weighted by Gasteiger charge is -2.13. The van der Waals surface area contributed by atoms with Crippen LogP contribution >= 0.6 is 12.4 Å². The molecule has 2 aromatic carbocycles. The molecule has 0 bridgehead atoms. The van der Waals surface area contributed by atoms with Gasteiger partial charge in [-0.05, 0) is 42.5 Å². The van der Waals surface area contributed by atoms with Crippen LogP contribution < -0.4 is 10.2 Å². The van der Waals surface area contributed by atoms with Crippen molar-refractivity contribution < 1.29 is 8.42 Å². The van der Waals surface area contributed by atoms with Gasteiger partial charge in [0.1, 0.15) is 18.0 Å². The molecule has 0 radical (unpaired) electrons. The summed E-state index contributed by atoms with van der Waals surface area (Å²) in [5.41, 5.74) is 2.12. The number of pyridine rings is 1. The van der Waals surface area contributed by atoms with Gasteiger partial charge in [-0.1, -0.05) is 18.2 Å². The molecule has 0 saturated carbocycles. The molecule has 168 valence electrons. The monoisotopic (exact) mass is 480 g/mol. The van der Waals surface area contributed by atoms with E-state index in [4.69, 9.17) is 0 Å². The summed E-state index contributed by atoms with van der Waals surface area (Å²) in [6.07, 6.45) is 4.78. The quantitative estimate of drug-likeness (QED) is 0.397. The Morgan fingerprint density at radius 3 is 2.48 bits per heavy atom. The molecule has 1 N–H and O–H groups in total. The number of nitrogens with one attached hydrogen (secondary N) is 1. The summed E-state index contributed by atoms with van der Waals surface area (Å²) in [5, 5.41) is 4.97. The van der Waals surface area contributed by atoms with Gasteiger partial charge in [0.25, 0.3) is 10.0 Å². The summed E-state index contributed by atoms with van der Waals surface area (Å²) in [5.74, 6) is 1.45. The summed E-state index contributed by atoms with van der Waals surface area (Å²) in [6.45, 7) is 0. The zero-order valence-electron chi connectivity index (χ0n) is 17.9. The Bertz CT molecular complexity index is 1550. The highest BCUT2D eigenvalue weighted by Crippen LogP contribution is 2.29. The molecule has 0 atom stereocenters. The molecule has 0 fully saturated rings. The highest BCUT2D eigenvalue weighted by molar-refractivity contribution is 7.90. The lowest BCUT2D eigenvalue weighted by atomic mass is 10.2. The van der Waals surface area contributed by atoms with Crippen molar-refractivity contribution in [2.24, 2.45) is 0 Å². The predicted octanol–water partition coefficient (Wildman–Crippen LogP) is 4.45. The molecule has 0 saturated heterocycles. The van der Waals surface area contributed by atoms with Gasteiger partial charge in [0.2, 0.25) is 0 Å². The van der Waals surface area contributed by atoms with Crippen molar-refractivity contribution in [3.8, 4) is 0 Å². The Morgan fingerprint density at radius 2 is 1.73 bits per heavy atom. The highest BCUT2D eigenvalue weighted by Gasteiger charge is 2.18. The number of hydrogen-bond donors (Lipinski definition) is 1. The van der Waals surface area contributed by atoms with E-state index in [9.17, 15) is 8.42 Å². The maximum atomic E-state index is 13.0. The second-order valence-corrected chi connectivity index (χ2v) is 9.32. The van der Waals surface area contributed by atoms with Crippen molar-refractivity contribution in [3.05, 3.63) is 79.4 Å². The predicted molar refractivity (Wildman–Crippen MR) is 133 cm³/mol. The number of halogens is 1. The van der Waals surface area contributed by atoms with Crippen molar-refractivity contribution in [2.45, 2.75) is 4.90 Å². The van der Waals surface area contributed by atoms with Crippen molar-refractivity contribution >= 4 is 61.6 Å². The van der Waals surface area contributed by atoms with Crippen molar-refractivity contribution in [1.29, 1.82) is 0 Å². The molecule has 0 amide bonds. The molecule has 8 nitrogen and oxygen atoms in total. The van der Waals surface area contributed by atoms with Crippen LogP contribution in [0.3, 0.4) is 0 Å². The number of fused-ring (bicyclic) bond motifs is 2. The molecule has 3 aromatic heterocycles. The first kappa shape index (κ1) is 22.5. The Labute approximate surface area is 197 Å². The molecular weight excluding hydrogens is 460 g/mol. The average Bonchev–Trinajstić information content (AvgIpc) is 3.24. The van der Waals surface area contributed by atoms with E-state index in [1.807, 2.05) is 37.2 Å². The summed E-state index contributed by atoms with van der Waals surface area (Å²) in [6, 6.07) is 17.6. The molecule has 33 heavy (non-hydrogen) atoms. The van der Waals surface area contributed by atoms with Gasteiger partial charge < -0.3 is 10.2 Å². The molecule has 3 heterocycles. The van der Waals surface area contributed by atoms with Gasteiger partial charge in [0, 0.05) is 36.8 Å². The van der Waals surface area contributed by atoms with E-state index < -0.39 is 10.0 Å². The topological polar surface area (TPSA) is 93.0 Å². The van der Waals surface area contributed by atoms with Crippen LogP contribution in [0, 0.1) is 0 Å². The van der Waals surface area contributed by atoms with Crippen LogP contribution in [0.25, 0.3) is 21.8 Å². The van der Waals surface area contributed by atoms with E-state index in [1.165, 1.54) is 10.3 Å². The summed E-state index contributed by atoms with van der Waals surface area (Å²) in [4.78, 5) is 15.2. The van der Waals surface area contributed by atoms with Crippen LogP contribution in [0.5, 0.6) is 0 Å². The summed E-state index contributed by atoms with van der Waals surface area (Å²) >= 11 is 0. The summed E-state index contributed by atoms with van der Waals surface area (Å²) < 4.78 is 27.4. The van der Waals surface area contributed by atoms with E-state index in [1.54, 1.807) is 54.9 Å². The molecule has 10 heteroatoms. The minimum Gasteiger partial charge on any atom is -0.363 e. The molecule has 0 aliphatic heterocycles. The Hall–Kier alpha value is -3.69. The van der Waals surface area contributed by atoms with Gasteiger partial charge in [0.15, 0.2) is 0 Å². The van der Waals surface area contributed by atoms with Crippen LogP contribution in [-0.4, -0.2) is 41.4 Å². The number of nitrogens with zero attached hydrogens (tertiary/aromatic N) is 5. The summed E-state index contributed by atoms with van der Waals surface area (Å²) in [7, 11) is 0.176. The van der Waals surface area contributed by atoms with Gasteiger partial charge in [-0.2, -0.15) is 0 Å². The molecular formula is C23H21ClN6O2S. The zero-order valence-corrected chi connectivity index (χ0v) is 19.5. The van der Waals surface area contributed by atoms with Gasteiger partial charge >= 0.3 is 0 Å². The smallest absolute Gasteiger partial charge is 0.268 e. The second kappa shape index (κ2) is 8.68. The van der Waals surface area contributed by atoms with Gasteiger partial charge in [-0.25, -0.2) is 27.3 Å². The molecule has 0 unspecified atom stereocenters. The van der Waals surface area contributed by atoms with Crippen LogP contribution in [0.15, 0.2) is 84.3 Å². The fourth-order valence-corrected chi connectivity index (χ4v) is 4.91.